The third-order valence-corrected chi connectivity index (χ3v) is 5.14. The molecule has 1 N–H and O–H groups in total. The molecule has 1 aromatic rings. The molecule has 114 valence electrons. The van der Waals surface area contributed by atoms with Gasteiger partial charge in [-0.2, -0.15) is 0 Å². The molecular weight excluding hydrogens is 274 g/mol. The van der Waals surface area contributed by atoms with Gasteiger partial charge in [0.1, 0.15) is 12.4 Å². The number of benzene rings is 1. The number of ether oxygens (including phenoxy) is 1. The van der Waals surface area contributed by atoms with E-state index in [1.54, 1.807) is 13.8 Å². The van der Waals surface area contributed by atoms with Crippen LogP contribution in [0.1, 0.15) is 33.3 Å². The SMILES string of the molecule is CC(C)NCc1cccc(OCCS(=O)(=O)C(C)C)c1. The van der Waals surface area contributed by atoms with E-state index in [-0.39, 0.29) is 17.6 Å². The summed E-state index contributed by atoms with van der Waals surface area (Å²) >= 11 is 0. The molecule has 0 aliphatic carbocycles. The van der Waals surface area contributed by atoms with Gasteiger partial charge in [0.05, 0.1) is 11.0 Å². The molecule has 0 radical (unpaired) electrons. The van der Waals surface area contributed by atoms with Crippen molar-refractivity contribution >= 4 is 9.84 Å². The standard InChI is InChI=1S/C15H25NO3S/c1-12(2)16-11-14-6-5-7-15(10-14)19-8-9-20(17,18)13(3)4/h5-7,10,12-13,16H,8-9,11H2,1-4H3. The van der Waals surface area contributed by atoms with Gasteiger partial charge in [0.15, 0.2) is 9.84 Å². The molecule has 0 saturated carbocycles. The Morgan fingerprint density at radius 1 is 1.20 bits per heavy atom. The van der Waals surface area contributed by atoms with E-state index in [0.29, 0.717) is 11.8 Å². The normalized spacial score (nSPS) is 12.1. The first-order chi connectivity index (χ1) is 9.31. The van der Waals surface area contributed by atoms with E-state index in [1.165, 1.54) is 0 Å². The van der Waals surface area contributed by atoms with Crippen LogP contribution in [0.3, 0.4) is 0 Å². The molecule has 5 heteroatoms. The van der Waals surface area contributed by atoms with E-state index in [9.17, 15) is 8.42 Å². The molecule has 0 saturated heterocycles. The molecule has 0 fully saturated rings. The minimum atomic E-state index is -3.04. The lowest BCUT2D eigenvalue weighted by Crippen LogP contribution is -2.22. The predicted molar refractivity (Wildman–Crippen MR) is 82.8 cm³/mol. The lowest BCUT2D eigenvalue weighted by atomic mass is 10.2. The molecule has 0 amide bonds. The highest BCUT2D eigenvalue weighted by molar-refractivity contribution is 7.91. The monoisotopic (exact) mass is 299 g/mol. The zero-order chi connectivity index (χ0) is 15.2. The van der Waals surface area contributed by atoms with Crippen molar-refractivity contribution in [2.45, 2.75) is 45.5 Å². The van der Waals surface area contributed by atoms with Crippen molar-refractivity contribution < 1.29 is 13.2 Å². The summed E-state index contributed by atoms with van der Waals surface area (Å²) in [5.74, 6) is 0.770. The van der Waals surface area contributed by atoms with E-state index >= 15 is 0 Å². The lowest BCUT2D eigenvalue weighted by Gasteiger charge is -2.11. The number of nitrogens with one attached hydrogen (secondary N) is 1. The van der Waals surface area contributed by atoms with Gasteiger partial charge in [-0.25, -0.2) is 8.42 Å². The summed E-state index contributed by atoms with van der Waals surface area (Å²) in [7, 11) is -3.04. The lowest BCUT2D eigenvalue weighted by molar-refractivity contribution is 0.340. The fourth-order valence-electron chi connectivity index (χ4n) is 1.58. The minimum absolute atomic E-state index is 0.0547. The molecule has 1 rings (SSSR count). The summed E-state index contributed by atoms with van der Waals surface area (Å²) in [5, 5.41) is 2.98. The molecule has 0 aromatic heterocycles. The second kappa shape index (κ2) is 7.64. The van der Waals surface area contributed by atoms with Crippen LogP contribution in [0.2, 0.25) is 0 Å². The van der Waals surface area contributed by atoms with E-state index in [1.807, 2.05) is 24.3 Å². The fraction of sp³-hybridized carbons (Fsp3) is 0.600. The first kappa shape index (κ1) is 17.0. The van der Waals surface area contributed by atoms with Gasteiger partial charge in [0.2, 0.25) is 0 Å². The van der Waals surface area contributed by atoms with Crippen molar-refractivity contribution in [2.24, 2.45) is 0 Å². The maximum absolute atomic E-state index is 11.7. The van der Waals surface area contributed by atoms with E-state index in [4.69, 9.17) is 4.74 Å². The second-order valence-electron chi connectivity index (χ2n) is 5.45. The smallest absolute Gasteiger partial charge is 0.155 e. The van der Waals surface area contributed by atoms with Crippen molar-refractivity contribution in [3.05, 3.63) is 29.8 Å². The third-order valence-electron chi connectivity index (χ3n) is 2.97. The molecule has 20 heavy (non-hydrogen) atoms. The van der Waals surface area contributed by atoms with Gasteiger partial charge in [-0.3, -0.25) is 0 Å². The van der Waals surface area contributed by atoms with Crippen molar-refractivity contribution in [3.63, 3.8) is 0 Å². The highest BCUT2D eigenvalue weighted by Crippen LogP contribution is 2.14. The zero-order valence-corrected chi connectivity index (χ0v) is 13.5. The highest BCUT2D eigenvalue weighted by atomic mass is 32.2. The van der Waals surface area contributed by atoms with Crippen LogP contribution in [0.15, 0.2) is 24.3 Å². The molecule has 0 unspecified atom stereocenters. The summed E-state index contributed by atoms with van der Waals surface area (Å²) in [5.41, 5.74) is 1.13. The quantitative estimate of drug-likeness (QED) is 0.801. The second-order valence-corrected chi connectivity index (χ2v) is 8.12. The van der Waals surface area contributed by atoms with Crippen LogP contribution in [0, 0.1) is 0 Å². The molecule has 0 aliphatic rings. The van der Waals surface area contributed by atoms with Gasteiger partial charge < -0.3 is 10.1 Å². The fourth-order valence-corrected chi connectivity index (χ4v) is 2.37. The van der Waals surface area contributed by atoms with Crippen molar-refractivity contribution in [1.82, 2.24) is 5.32 Å². The molecule has 0 atom stereocenters. The number of rotatable bonds is 8. The number of hydrogen-bond acceptors (Lipinski definition) is 4. The Morgan fingerprint density at radius 2 is 1.90 bits per heavy atom. The Morgan fingerprint density at radius 3 is 2.50 bits per heavy atom. The zero-order valence-electron chi connectivity index (χ0n) is 12.7. The Kier molecular flexibility index (Phi) is 6.49. The maximum Gasteiger partial charge on any atom is 0.155 e. The minimum Gasteiger partial charge on any atom is -0.493 e. The summed E-state index contributed by atoms with van der Waals surface area (Å²) in [6.07, 6.45) is 0. The largest absolute Gasteiger partial charge is 0.493 e. The number of hydrogen-bond donors (Lipinski definition) is 1. The maximum atomic E-state index is 11.7. The van der Waals surface area contributed by atoms with Crippen molar-refractivity contribution in [1.29, 1.82) is 0 Å². The Bertz CT molecular complexity index is 510. The average Bonchev–Trinajstić information content (AvgIpc) is 2.36. The Labute approximate surface area is 122 Å². The third kappa shape index (κ3) is 5.92. The van der Waals surface area contributed by atoms with Gasteiger partial charge in [-0.05, 0) is 31.5 Å². The van der Waals surface area contributed by atoms with Crippen LogP contribution in [0.25, 0.3) is 0 Å². The van der Waals surface area contributed by atoms with Gasteiger partial charge in [-0.1, -0.05) is 26.0 Å². The number of sulfone groups is 1. The van der Waals surface area contributed by atoms with Crippen molar-refractivity contribution in [3.8, 4) is 5.75 Å². The molecule has 0 spiro atoms. The van der Waals surface area contributed by atoms with Gasteiger partial charge >= 0.3 is 0 Å². The molecule has 0 heterocycles. The Hall–Kier alpha value is -1.07. The topological polar surface area (TPSA) is 55.4 Å². The highest BCUT2D eigenvalue weighted by Gasteiger charge is 2.15. The van der Waals surface area contributed by atoms with Crippen LogP contribution in [-0.4, -0.2) is 32.1 Å². The summed E-state index contributed by atoms with van der Waals surface area (Å²) < 4.78 is 28.9. The van der Waals surface area contributed by atoms with E-state index < -0.39 is 9.84 Å². The summed E-state index contributed by atoms with van der Waals surface area (Å²) in [6.45, 7) is 8.54. The van der Waals surface area contributed by atoms with Crippen LogP contribution >= 0.6 is 0 Å². The molecular formula is C15H25NO3S. The van der Waals surface area contributed by atoms with E-state index in [0.717, 1.165) is 12.1 Å². The van der Waals surface area contributed by atoms with Crippen LogP contribution in [0.5, 0.6) is 5.75 Å². The van der Waals surface area contributed by atoms with Crippen LogP contribution in [0.4, 0.5) is 0 Å². The van der Waals surface area contributed by atoms with Crippen LogP contribution in [-0.2, 0) is 16.4 Å². The summed E-state index contributed by atoms with van der Waals surface area (Å²) in [6, 6.07) is 8.16. The van der Waals surface area contributed by atoms with Gasteiger partial charge in [0.25, 0.3) is 0 Å². The molecule has 4 nitrogen and oxygen atoms in total. The molecule has 0 aliphatic heterocycles. The summed E-state index contributed by atoms with van der Waals surface area (Å²) in [4.78, 5) is 0. The van der Waals surface area contributed by atoms with E-state index in [2.05, 4.69) is 19.2 Å². The first-order valence-electron chi connectivity index (χ1n) is 6.98. The first-order valence-corrected chi connectivity index (χ1v) is 8.69. The van der Waals surface area contributed by atoms with Gasteiger partial charge in [0, 0.05) is 12.6 Å². The molecule has 1 aromatic carbocycles. The molecule has 0 bridgehead atoms. The Balaban J connectivity index is 2.50. The van der Waals surface area contributed by atoms with Crippen LogP contribution < -0.4 is 10.1 Å². The van der Waals surface area contributed by atoms with Crippen molar-refractivity contribution in [2.75, 3.05) is 12.4 Å². The predicted octanol–water partition coefficient (Wildman–Crippen LogP) is 2.39. The van der Waals surface area contributed by atoms with Gasteiger partial charge in [-0.15, -0.1) is 0 Å². The average molecular weight is 299 g/mol.